The van der Waals surface area contributed by atoms with Crippen LogP contribution in [0, 0.1) is 5.82 Å². The number of carbonyl (C=O) groups is 1. The van der Waals surface area contributed by atoms with Crippen LogP contribution in [0.4, 0.5) is 4.39 Å². The Kier molecular flexibility index (Phi) is 5.89. The van der Waals surface area contributed by atoms with Crippen molar-refractivity contribution in [2.24, 2.45) is 0 Å². The zero-order valence-corrected chi connectivity index (χ0v) is 18.0. The number of esters is 1. The molecule has 0 aliphatic carbocycles. The number of fused-ring (bicyclic) bond motifs is 3. The average molecular weight is 446 g/mol. The molecule has 1 aliphatic heterocycles. The Morgan fingerprint density at radius 3 is 2.68 bits per heavy atom. The van der Waals surface area contributed by atoms with Crippen LogP contribution < -0.4 is 9.47 Å². The van der Waals surface area contributed by atoms with Crippen LogP contribution in [0.1, 0.15) is 35.4 Å². The summed E-state index contributed by atoms with van der Waals surface area (Å²) in [6.45, 7) is 0. The van der Waals surface area contributed by atoms with E-state index < -0.39 is 24.0 Å². The van der Waals surface area contributed by atoms with Crippen molar-refractivity contribution in [2.45, 2.75) is 18.6 Å². The first kappa shape index (κ1) is 21.2. The monoisotopic (exact) mass is 445 g/mol. The van der Waals surface area contributed by atoms with E-state index in [0.29, 0.717) is 16.3 Å². The third kappa shape index (κ3) is 3.75. The fraction of sp³-hybridized carbons (Fsp3) is 0.261. The molecule has 2 atom stereocenters. The van der Waals surface area contributed by atoms with Crippen LogP contribution in [0.3, 0.4) is 0 Å². The van der Waals surface area contributed by atoms with Gasteiger partial charge >= 0.3 is 5.97 Å². The van der Waals surface area contributed by atoms with Crippen LogP contribution >= 0.6 is 11.6 Å². The summed E-state index contributed by atoms with van der Waals surface area (Å²) in [4.78, 5) is 12.1. The number of hydrogen-bond donors (Lipinski definition) is 0. The third-order valence-electron chi connectivity index (χ3n) is 5.31. The van der Waals surface area contributed by atoms with E-state index in [1.807, 2.05) is 29.0 Å². The number of rotatable bonds is 5. The van der Waals surface area contributed by atoms with E-state index in [4.69, 9.17) is 30.5 Å². The van der Waals surface area contributed by atoms with Crippen molar-refractivity contribution in [1.82, 2.24) is 4.57 Å². The zero-order valence-electron chi connectivity index (χ0n) is 17.2. The largest absolute Gasteiger partial charge is 0.493 e. The van der Waals surface area contributed by atoms with Crippen LogP contribution in [0.25, 0.3) is 5.69 Å². The van der Waals surface area contributed by atoms with Crippen LogP contribution in [0.15, 0.2) is 48.7 Å². The fourth-order valence-electron chi connectivity index (χ4n) is 3.92. The molecule has 1 aromatic heterocycles. The second-order valence-electron chi connectivity index (χ2n) is 6.99. The topological polar surface area (TPSA) is 58.9 Å². The lowest BCUT2D eigenvalue weighted by Crippen LogP contribution is -2.16. The van der Waals surface area contributed by atoms with Gasteiger partial charge in [0.2, 0.25) is 0 Å². The minimum Gasteiger partial charge on any atom is -0.493 e. The highest BCUT2D eigenvalue weighted by atomic mass is 35.5. The van der Waals surface area contributed by atoms with Gasteiger partial charge in [0.25, 0.3) is 0 Å². The maximum atomic E-state index is 15.2. The maximum absolute atomic E-state index is 15.2. The van der Waals surface area contributed by atoms with Crippen LogP contribution in [-0.4, -0.2) is 31.9 Å². The molecule has 2 heterocycles. The Hall–Kier alpha value is -3.03. The molecule has 31 heavy (non-hydrogen) atoms. The molecule has 4 rings (SSSR count). The molecule has 0 spiro atoms. The van der Waals surface area contributed by atoms with Crippen molar-refractivity contribution in [2.75, 3.05) is 21.3 Å². The molecule has 0 bridgehead atoms. The van der Waals surface area contributed by atoms with Crippen molar-refractivity contribution >= 4 is 17.6 Å². The molecule has 8 heteroatoms. The summed E-state index contributed by atoms with van der Waals surface area (Å²) < 4.78 is 39.3. The number of halogens is 2. The van der Waals surface area contributed by atoms with Gasteiger partial charge in [-0.1, -0.05) is 11.6 Å². The van der Waals surface area contributed by atoms with E-state index in [1.54, 1.807) is 12.1 Å². The molecule has 0 amide bonds. The molecule has 0 N–H and O–H groups in total. The van der Waals surface area contributed by atoms with Crippen LogP contribution in [-0.2, 0) is 14.3 Å². The van der Waals surface area contributed by atoms with Crippen molar-refractivity contribution in [3.8, 4) is 17.2 Å². The van der Waals surface area contributed by atoms with Gasteiger partial charge in [0.15, 0.2) is 11.5 Å². The SMILES string of the molecule is COC(=O)C[C@@H]1O[C@@H](c2c(F)ccc(OC)c2OC)c2cc(Cl)ccc2-n2cccc21. The summed E-state index contributed by atoms with van der Waals surface area (Å²) in [5, 5.41) is 0.467. The standard InChI is InChI=1S/C23H21ClFNO5/c1-28-18-9-7-15(25)21(23(18)30-3)22-14-11-13(24)6-8-16(14)26-10-4-5-17(26)19(31-22)12-20(27)29-2/h4-11,19,22H,12H2,1-3H3/t19-,22+/m0/s1. The number of ether oxygens (including phenoxy) is 4. The van der Waals surface area contributed by atoms with Gasteiger partial charge < -0.3 is 23.5 Å². The van der Waals surface area contributed by atoms with Crippen LogP contribution in [0.2, 0.25) is 5.02 Å². The van der Waals surface area contributed by atoms with Gasteiger partial charge in [-0.25, -0.2) is 4.39 Å². The minimum atomic E-state index is -0.923. The van der Waals surface area contributed by atoms with Gasteiger partial charge in [-0.15, -0.1) is 0 Å². The van der Waals surface area contributed by atoms with Gasteiger partial charge in [-0.3, -0.25) is 4.79 Å². The lowest BCUT2D eigenvalue weighted by molar-refractivity contribution is -0.145. The molecule has 0 saturated heterocycles. The predicted molar refractivity (Wildman–Crippen MR) is 113 cm³/mol. The number of nitrogens with zero attached hydrogens (tertiary/aromatic N) is 1. The second kappa shape index (κ2) is 8.61. The summed E-state index contributed by atoms with van der Waals surface area (Å²) >= 11 is 6.31. The predicted octanol–water partition coefficient (Wildman–Crippen LogP) is 5.01. The highest BCUT2D eigenvalue weighted by Crippen LogP contribution is 2.47. The third-order valence-corrected chi connectivity index (χ3v) is 5.55. The molecule has 162 valence electrons. The Balaban J connectivity index is 1.98. The van der Waals surface area contributed by atoms with Crippen molar-refractivity contribution in [1.29, 1.82) is 0 Å². The molecule has 0 unspecified atom stereocenters. The first-order valence-electron chi connectivity index (χ1n) is 9.58. The molecule has 2 aromatic carbocycles. The Labute approximate surface area is 184 Å². The first-order valence-corrected chi connectivity index (χ1v) is 9.96. The number of methoxy groups -OCH3 is 3. The molecule has 6 nitrogen and oxygen atoms in total. The number of carbonyl (C=O) groups excluding carboxylic acids is 1. The number of hydrogen-bond acceptors (Lipinski definition) is 5. The van der Waals surface area contributed by atoms with Gasteiger partial charge in [0.05, 0.1) is 44.7 Å². The highest BCUT2D eigenvalue weighted by Gasteiger charge is 2.35. The minimum absolute atomic E-state index is 0.0490. The zero-order chi connectivity index (χ0) is 22.1. The smallest absolute Gasteiger partial charge is 0.308 e. The summed E-state index contributed by atoms with van der Waals surface area (Å²) in [6, 6.07) is 11.8. The Morgan fingerprint density at radius 2 is 1.97 bits per heavy atom. The van der Waals surface area contributed by atoms with Crippen molar-refractivity contribution < 1.29 is 28.1 Å². The van der Waals surface area contributed by atoms with Crippen molar-refractivity contribution in [3.63, 3.8) is 0 Å². The lowest BCUT2D eigenvalue weighted by Gasteiger charge is -2.25. The lowest BCUT2D eigenvalue weighted by atomic mass is 9.97. The van der Waals surface area contributed by atoms with E-state index in [1.165, 1.54) is 33.5 Å². The summed E-state index contributed by atoms with van der Waals surface area (Å²) in [5.74, 6) is -0.406. The molecule has 0 saturated carbocycles. The molecule has 0 radical (unpaired) electrons. The molecular formula is C23H21ClFNO5. The van der Waals surface area contributed by atoms with E-state index in [9.17, 15) is 4.79 Å². The van der Waals surface area contributed by atoms with E-state index in [0.717, 1.165) is 11.4 Å². The normalized spacial score (nSPS) is 17.3. The molecule has 3 aromatic rings. The number of aromatic nitrogens is 1. The molecule has 1 aliphatic rings. The van der Waals surface area contributed by atoms with E-state index in [2.05, 4.69) is 0 Å². The second-order valence-corrected chi connectivity index (χ2v) is 7.42. The summed E-state index contributed by atoms with van der Waals surface area (Å²) in [6.07, 6.45) is 0.186. The van der Waals surface area contributed by atoms with E-state index in [-0.39, 0.29) is 17.7 Å². The Morgan fingerprint density at radius 1 is 1.16 bits per heavy atom. The van der Waals surface area contributed by atoms with Gasteiger partial charge in [-0.05, 0) is 42.5 Å². The molecule has 0 fully saturated rings. The van der Waals surface area contributed by atoms with E-state index >= 15 is 4.39 Å². The van der Waals surface area contributed by atoms with Gasteiger partial charge in [0, 0.05) is 16.8 Å². The fourth-order valence-corrected chi connectivity index (χ4v) is 4.10. The summed E-state index contributed by atoms with van der Waals surface area (Å²) in [7, 11) is 4.23. The van der Waals surface area contributed by atoms with Gasteiger partial charge in [0.1, 0.15) is 18.0 Å². The number of benzene rings is 2. The van der Waals surface area contributed by atoms with Crippen LogP contribution in [0.5, 0.6) is 11.5 Å². The highest BCUT2D eigenvalue weighted by molar-refractivity contribution is 6.30. The average Bonchev–Trinajstić information content (AvgIpc) is 3.22. The van der Waals surface area contributed by atoms with Crippen molar-refractivity contribution in [3.05, 3.63) is 76.3 Å². The Bertz CT molecular complexity index is 1130. The first-order chi connectivity index (χ1) is 15.0. The quantitative estimate of drug-likeness (QED) is 0.517. The summed E-state index contributed by atoms with van der Waals surface area (Å²) in [5.41, 5.74) is 2.28. The van der Waals surface area contributed by atoms with Gasteiger partial charge in [-0.2, -0.15) is 0 Å². The molecular weight excluding hydrogens is 425 g/mol. The maximum Gasteiger partial charge on any atom is 0.308 e.